The van der Waals surface area contributed by atoms with Gasteiger partial charge in [-0.1, -0.05) is 25.1 Å². The van der Waals surface area contributed by atoms with Crippen molar-refractivity contribution in [3.63, 3.8) is 0 Å². The van der Waals surface area contributed by atoms with E-state index in [9.17, 15) is 14.3 Å². The van der Waals surface area contributed by atoms with E-state index in [0.717, 1.165) is 0 Å². The normalized spacial score (nSPS) is 13.9. The lowest BCUT2D eigenvalue weighted by atomic mass is 10.4. The summed E-state index contributed by atoms with van der Waals surface area (Å²) in [7, 11) is -4.12. The van der Waals surface area contributed by atoms with Crippen molar-refractivity contribution >= 4 is 19.1 Å². The summed E-state index contributed by atoms with van der Waals surface area (Å²) in [4.78, 5) is 20.5. The third-order valence-electron chi connectivity index (χ3n) is 1.70. The first-order chi connectivity index (χ1) is 7.56. The topological polar surface area (TPSA) is 72.8 Å². The van der Waals surface area contributed by atoms with E-state index >= 15 is 0 Å². The van der Waals surface area contributed by atoms with Crippen molar-refractivity contribution in [2.24, 2.45) is 0 Å². The van der Waals surface area contributed by atoms with Gasteiger partial charge in [0.05, 0.1) is 11.9 Å². The van der Waals surface area contributed by atoms with Gasteiger partial charge in [-0.05, 0) is 18.6 Å². The summed E-state index contributed by atoms with van der Waals surface area (Å²) < 4.78 is 20.6. The quantitative estimate of drug-likeness (QED) is 0.648. The molecule has 0 spiro atoms. The number of benzene rings is 1. The zero-order valence-corrected chi connectivity index (χ0v) is 9.72. The number of carbonyl (C=O) groups excluding carboxylic acids is 1. The molecule has 16 heavy (non-hydrogen) atoms. The van der Waals surface area contributed by atoms with Crippen LogP contribution < -0.4 is 5.30 Å². The fourth-order valence-corrected chi connectivity index (χ4v) is 1.89. The first-order valence-electron chi connectivity index (χ1n) is 4.81. The number of hydrogen-bond acceptors (Lipinski definition) is 4. The molecular formula is C10H13O5P. The standard InChI is InChI=1S/C10H13O5P/c1-2-8-14-10(11)15-16(12,13)9-6-4-3-5-7-9/h3-7H,2,8H2,1H3,(H,12,13). The maximum Gasteiger partial charge on any atom is 0.515 e. The highest BCUT2D eigenvalue weighted by Gasteiger charge is 2.27. The summed E-state index contributed by atoms with van der Waals surface area (Å²) in [6.07, 6.45) is -0.507. The monoisotopic (exact) mass is 244 g/mol. The second-order valence-electron chi connectivity index (χ2n) is 3.05. The smallest absolute Gasteiger partial charge is 0.434 e. The molecule has 1 atom stereocenters. The summed E-state index contributed by atoms with van der Waals surface area (Å²) in [5, 5.41) is 0.0587. The molecule has 0 saturated carbocycles. The summed E-state index contributed by atoms with van der Waals surface area (Å²) in [5.41, 5.74) is 0. The third kappa shape index (κ3) is 3.68. The van der Waals surface area contributed by atoms with Gasteiger partial charge in [-0.15, -0.1) is 0 Å². The van der Waals surface area contributed by atoms with Crippen molar-refractivity contribution in [3.8, 4) is 0 Å². The summed E-state index contributed by atoms with van der Waals surface area (Å²) in [5.74, 6) is 0. The number of rotatable bonds is 4. The Hall–Kier alpha value is -1.32. The highest BCUT2D eigenvalue weighted by atomic mass is 31.2. The van der Waals surface area contributed by atoms with E-state index in [-0.39, 0.29) is 11.9 Å². The molecular weight excluding hydrogens is 231 g/mol. The zero-order chi connectivity index (χ0) is 12.0. The van der Waals surface area contributed by atoms with Crippen molar-refractivity contribution < 1.29 is 23.5 Å². The van der Waals surface area contributed by atoms with Gasteiger partial charge in [-0.2, -0.15) is 0 Å². The molecule has 1 N–H and O–H groups in total. The Bertz CT molecular complexity index is 389. The molecule has 0 aliphatic rings. The van der Waals surface area contributed by atoms with Crippen molar-refractivity contribution in [1.29, 1.82) is 0 Å². The number of hydrogen-bond donors (Lipinski definition) is 1. The molecule has 0 bridgehead atoms. The molecule has 0 saturated heterocycles. The Labute approximate surface area is 93.5 Å². The largest absolute Gasteiger partial charge is 0.515 e. The Morgan fingerprint density at radius 1 is 1.38 bits per heavy atom. The Morgan fingerprint density at radius 2 is 2.00 bits per heavy atom. The Balaban J connectivity index is 2.66. The van der Waals surface area contributed by atoms with Gasteiger partial charge in [0.15, 0.2) is 0 Å². The molecule has 0 aromatic heterocycles. The van der Waals surface area contributed by atoms with Crippen LogP contribution in [0.2, 0.25) is 0 Å². The molecule has 6 heteroatoms. The molecule has 1 rings (SSSR count). The predicted molar refractivity (Wildman–Crippen MR) is 58.6 cm³/mol. The summed E-state index contributed by atoms with van der Waals surface area (Å²) >= 11 is 0. The fraction of sp³-hybridized carbons (Fsp3) is 0.300. The lowest BCUT2D eigenvalue weighted by Gasteiger charge is -2.11. The maximum atomic E-state index is 11.6. The molecule has 5 nitrogen and oxygen atoms in total. The van der Waals surface area contributed by atoms with Crippen molar-refractivity contribution in [1.82, 2.24) is 0 Å². The van der Waals surface area contributed by atoms with Crippen LogP contribution in [0, 0.1) is 0 Å². The van der Waals surface area contributed by atoms with Crippen molar-refractivity contribution in [3.05, 3.63) is 30.3 Å². The minimum absolute atomic E-state index is 0.0587. The third-order valence-corrected chi connectivity index (χ3v) is 3.05. The van der Waals surface area contributed by atoms with Gasteiger partial charge in [0.1, 0.15) is 0 Å². The lowest BCUT2D eigenvalue weighted by Crippen LogP contribution is -2.12. The lowest BCUT2D eigenvalue weighted by molar-refractivity contribution is 0.0962. The summed E-state index contributed by atoms with van der Waals surface area (Å²) in [6, 6.07) is 7.68. The van der Waals surface area contributed by atoms with Crippen molar-refractivity contribution in [2.75, 3.05) is 6.61 Å². The molecule has 0 aliphatic heterocycles. The van der Waals surface area contributed by atoms with Gasteiger partial charge in [0, 0.05) is 0 Å². The van der Waals surface area contributed by atoms with Gasteiger partial charge in [0.2, 0.25) is 0 Å². The molecule has 1 unspecified atom stereocenters. The average Bonchev–Trinajstić information content (AvgIpc) is 2.27. The van der Waals surface area contributed by atoms with Crippen LogP contribution in [0.4, 0.5) is 4.79 Å². The van der Waals surface area contributed by atoms with Gasteiger partial charge in [-0.3, -0.25) is 0 Å². The minimum Gasteiger partial charge on any atom is -0.434 e. The molecule has 1 aromatic rings. The molecule has 0 aliphatic carbocycles. The van der Waals surface area contributed by atoms with E-state index in [0.29, 0.717) is 6.42 Å². The molecule has 1 aromatic carbocycles. The van der Waals surface area contributed by atoms with E-state index in [2.05, 4.69) is 9.26 Å². The SMILES string of the molecule is CCCOC(=O)OP(=O)(O)c1ccccc1. The number of carbonyl (C=O) groups is 1. The van der Waals surface area contributed by atoms with Gasteiger partial charge in [-0.25, -0.2) is 9.36 Å². The molecule has 0 amide bonds. The molecule has 0 fully saturated rings. The van der Waals surface area contributed by atoms with Crippen LogP contribution in [0.1, 0.15) is 13.3 Å². The minimum atomic E-state index is -4.12. The van der Waals surface area contributed by atoms with Crippen LogP contribution >= 0.6 is 7.60 Å². The van der Waals surface area contributed by atoms with E-state index < -0.39 is 13.8 Å². The van der Waals surface area contributed by atoms with E-state index in [1.165, 1.54) is 12.1 Å². The fourth-order valence-electron chi connectivity index (χ4n) is 0.982. The first kappa shape index (κ1) is 12.7. The van der Waals surface area contributed by atoms with Crippen LogP contribution in [0.3, 0.4) is 0 Å². The predicted octanol–water partition coefficient (Wildman–Crippen LogP) is 2.06. The van der Waals surface area contributed by atoms with Gasteiger partial charge >= 0.3 is 13.8 Å². The molecule has 88 valence electrons. The Kier molecular flexibility index (Phi) is 4.52. The highest BCUT2D eigenvalue weighted by Crippen LogP contribution is 2.40. The summed E-state index contributed by atoms with van der Waals surface area (Å²) in [6.45, 7) is 1.97. The highest BCUT2D eigenvalue weighted by molar-refractivity contribution is 7.61. The molecule has 0 heterocycles. The van der Waals surface area contributed by atoms with Gasteiger partial charge < -0.3 is 14.2 Å². The van der Waals surface area contributed by atoms with Gasteiger partial charge in [0.25, 0.3) is 0 Å². The van der Waals surface area contributed by atoms with Crippen LogP contribution in [-0.4, -0.2) is 17.7 Å². The van der Waals surface area contributed by atoms with Crippen LogP contribution in [0.15, 0.2) is 30.3 Å². The van der Waals surface area contributed by atoms with E-state index in [1.807, 2.05) is 6.92 Å². The maximum absolute atomic E-state index is 11.6. The Morgan fingerprint density at radius 3 is 2.56 bits per heavy atom. The van der Waals surface area contributed by atoms with E-state index in [1.54, 1.807) is 18.2 Å². The zero-order valence-electron chi connectivity index (χ0n) is 8.83. The second kappa shape index (κ2) is 5.68. The number of ether oxygens (including phenoxy) is 1. The van der Waals surface area contributed by atoms with Crippen molar-refractivity contribution in [2.45, 2.75) is 13.3 Å². The average molecular weight is 244 g/mol. The molecule has 0 radical (unpaired) electrons. The second-order valence-corrected chi connectivity index (χ2v) is 4.79. The van der Waals surface area contributed by atoms with Crippen LogP contribution in [-0.2, 0) is 13.8 Å². The first-order valence-corrected chi connectivity index (χ1v) is 6.39. The van der Waals surface area contributed by atoms with Crippen LogP contribution in [0.25, 0.3) is 0 Å². The van der Waals surface area contributed by atoms with Crippen LogP contribution in [0.5, 0.6) is 0 Å². The van der Waals surface area contributed by atoms with E-state index in [4.69, 9.17) is 0 Å².